The summed E-state index contributed by atoms with van der Waals surface area (Å²) in [6, 6.07) is 4.83. The standard InChI is InChI=1S/C17H12O6/c18-12-2-6-8-1-9(17(23)10(6)4-14(12)20)7-3-13(19)15(21)5-11(7)16(8)22/h2-5,8-9,18-21H,1H2. The van der Waals surface area contributed by atoms with Crippen molar-refractivity contribution in [2.24, 2.45) is 0 Å². The van der Waals surface area contributed by atoms with Crippen LogP contribution in [0.15, 0.2) is 24.3 Å². The monoisotopic (exact) mass is 312 g/mol. The van der Waals surface area contributed by atoms with Crippen LogP contribution in [0.3, 0.4) is 0 Å². The molecule has 0 aliphatic heterocycles. The number of phenols is 4. The summed E-state index contributed by atoms with van der Waals surface area (Å²) in [5.74, 6) is -3.44. The molecule has 2 aromatic rings. The van der Waals surface area contributed by atoms with Gasteiger partial charge in [0.25, 0.3) is 0 Å². The number of Topliss-reactive ketones (excluding diaryl/α,β-unsaturated/α-hetero) is 2. The highest BCUT2D eigenvalue weighted by Gasteiger charge is 2.44. The number of rotatable bonds is 0. The molecule has 2 aliphatic rings. The predicted octanol–water partition coefficient (Wildman–Crippen LogP) is 2.16. The van der Waals surface area contributed by atoms with Crippen molar-refractivity contribution in [2.75, 3.05) is 0 Å². The van der Waals surface area contributed by atoms with Crippen LogP contribution >= 0.6 is 0 Å². The summed E-state index contributed by atoms with van der Waals surface area (Å²) in [7, 11) is 0. The molecule has 116 valence electrons. The van der Waals surface area contributed by atoms with E-state index in [0.29, 0.717) is 11.1 Å². The van der Waals surface area contributed by atoms with Gasteiger partial charge in [-0.3, -0.25) is 9.59 Å². The minimum Gasteiger partial charge on any atom is -0.504 e. The van der Waals surface area contributed by atoms with Gasteiger partial charge < -0.3 is 20.4 Å². The number of hydrogen-bond acceptors (Lipinski definition) is 6. The molecule has 0 radical (unpaired) electrons. The van der Waals surface area contributed by atoms with E-state index >= 15 is 0 Å². The maximum Gasteiger partial charge on any atom is 0.170 e. The van der Waals surface area contributed by atoms with Crippen LogP contribution in [0, 0.1) is 0 Å². The molecule has 23 heavy (non-hydrogen) atoms. The largest absolute Gasteiger partial charge is 0.504 e. The first-order chi connectivity index (χ1) is 10.9. The lowest BCUT2D eigenvalue weighted by atomic mass is 9.65. The lowest BCUT2D eigenvalue weighted by Crippen LogP contribution is -2.34. The zero-order valence-electron chi connectivity index (χ0n) is 11.8. The van der Waals surface area contributed by atoms with E-state index in [1.165, 1.54) is 24.3 Å². The van der Waals surface area contributed by atoms with Crippen LogP contribution in [0.5, 0.6) is 23.0 Å². The first-order valence-electron chi connectivity index (χ1n) is 7.08. The number of benzene rings is 2. The van der Waals surface area contributed by atoms with E-state index in [4.69, 9.17) is 0 Å². The Kier molecular flexibility index (Phi) is 2.52. The van der Waals surface area contributed by atoms with Gasteiger partial charge in [0.15, 0.2) is 34.6 Å². The van der Waals surface area contributed by atoms with Crippen molar-refractivity contribution in [3.8, 4) is 23.0 Å². The molecule has 2 aliphatic carbocycles. The highest BCUT2D eigenvalue weighted by Crippen LogP contribution is 2.50. The topological polar surface area (TPSA) is 115 Å². The number of ketones is 2. The molecule has 2 unspecified atom stereocenters. The number of carbonyl (C=O) groups excluding carboxylic acids is 2. The average Bonchev–Trinajstić information content (AvgIpc) is 2.51. The summed E-state index contributed by atoms with van der Waals surface area (Å²) in [4.78, 5) is 25.4. The van der Waals surface area contributed by atoms with E-state index in [1.54, 1.807) is 0 Å². The second-order valence-corrected chi connectivity index (χ2v) is 5.93. The molecule has 6 heteroatoms. The fourth-order valence-electron chi connectivity index (χ4n) is 3.55. The summed E-state index contributed by atoms with van der Waals surface area (Å²) >= 11 is 0. The SMILES string of the molecule is O=C1c2cc(O)c(O)cc2C2CC1c1cc(O)c(O)cc1C2=O. The van der Waals surface area contributed by atoms with Crippen LogP contribution in [-0.4, -0.2) is 32.0 Å². The van der Waals surface area contributed by atoms with Crippen molar-refractivity contribution < 1.29 is 30.0 Å². The van der Waals surface area contributed by atoms with Gasteiger partial charge >= 0.3 is 0 Å². The molecule has 0 amide bonds. The van der Waals surface area contributed by atoms with Gasteiger partial charge in [-0.05, 0) is 41.8 Å². The first-order valence-corrected chi connectivity index (χ1v) is 7.08. The van der Waals surface area contributed by atoms with Gasteiger partial charge in [-0.2, -0.15) is 0 Å². The molecule has 0 heterocycles. The Hall–Kier alpha value is -3.02. The van der Waals surface area contributed by atoms with E-state index < -0.39 is 23.3 Å². The molecule has 2 aromatic carbocycles. The fraction of sp³-hybridized carbons (Fsp3) is 0.176. The van der Waals surface area contributed by atoms with Crippen LogP contribution in [0.25, 0.3) is 0 Å². The van der Waals surface area contributed by atoms with Crippen LogP contribution in [-0.2, 0) is 0 Å². The highest BCUT2D eigenvalue weighted by molar-refractivity contribution is 6.14. The summed E-state index contributed by atoms with van der Waals surface area (Å²) in [5.41, 5.74) is 1.16. The maximum atomic E-state index is 12.7. The molecule has 0 spiro atoms. The molecular formula is C17H12O6. The first kappa shape index (κ1) is 13.6. The Balaban J connectivity index is 1.99. The van der Waals surface area contributed by atoms with E-state index in [-0.39, 0.29) is 40.6 Å². The lowest BCUT2D eigenvalue weighted by Gasteiger charge is -2.35. The lowest BCUT2D eigenvalue weighted by molar-refractivity contribution is 0.0874. The van der Waals surface area contributed by atoms with Gasteiger partial charge in [-0.25, -0.2) is 0 Å². The predicted molar refractivity (Wildman–Crippen MR) is 78.3 cm³/mol. The van der Waals surface area contributed by atoms with Crippen LogP contribution in [0.4, 0.5) is 0 Å². The fourth-order valence-corrected chi connectivity index (χ4v) is 3.55. The molecule has 0 saturated carbocycles. The Morgan fingerprint density at radius 2 is 1.00 bits per heavy atom. The molecule has 0 fully saturated rings. The molecule has 6 nitrogen and oxygen atoms in total. The third-order valence-electron chi connectivity index (χ3n) is 4.68. The van der Waals surface area contributed by atoms with Crippen LogP contribution < -0.4 is 0 Å². The average molecular weight is 312 g/mol. The normalized spacial score (nSPS) is 21.7. The van der Waals surface area contributed by atoms with Gasteiger partial charge in [-0.1, -0.05) is 0 Å². The molecule has 4 rings (SSSR count). The minimum absolute atomic E-state index is 0.202. The number of hydrogen-bond donors (Lipinski definition) is 4. The summed E-state index contributed by atoms with van der Waals surface area (Å²) < 4.78 is 0. The zero-order valence-corrected chi connectivity index (χ0v) is 11.8. The third kappa shape index (κ3) is 1.69. The van der Waals surface area contributed by atoms with Crippen LogP contribution in [0.2, 0.25) is 0 Å². The number of fused-ring (bicyclic) bond motifs is 6. The van der Waals surface area contributed by atoms with Gasteiger partial charge in [0, 0.05) is 23.0 Å². The van der Waals surface area contributed by atoms with Crippen molar-refractivity contribution in [1.29, 1.82) is 0 Å². The molecule has 0 aromatic heterocycles. The van der Waals surface area contributed by atoms with Gasteiger partial charge in [0.2, 0.25) is 0 Å². The number of phenolic OH excluding ortho intramolecular Hbond substituents is 4. The Morgan fingerprint density at radius 3 is 1.39 bits per heavy atom. The molecule has 2 atom stereocenters. The minimum atomic E-state index is -0.629. The zero-order chi connectivity index (χ0) is 16.5. The van der Waals surface area contributed by atoms with Crippen molar-refractivity contribution in [3.63, 3.8) is 0 Å². The van der Waals surface area contributed by atoms with Crippen LogP contribution in [0.1, 0.15) is 50.1 Å². The van der Waals surface area contributed by atoms with E-state index in [0.717, 1.165) is 0 Å². The van der Waals surface area contributed by atoms with Crippen molar-refractivity contribution >= 4 is 11.6 Å². The van der Waals surface area contributed by atoms with Crippen molar-refractivity contribution in [3.05, 3.63) is 46.5 Å². The molecule has 2 bridgehead atoms. The third-order valence-corrected chi connectivity index (χ3v) is 4.68. The Labute approximate surface area is 130 Å². The van der Waals surface area contributed by atoms with Gasteiger partial charge in [0.1, 0.15) is 0 Å². The summed E-state index contributed by atoms with van der Waals surface area (Å²) in [6.07, 6.45) is 0.242. The van der Waals surface area contributed by atoms with Crippen molar-refractivity contribution in [2.45, 2.75) is 18.3 Å². The molecular weight excluding hydrogens is 300 g/mol. The smallest absolute Gasteiger partial charge is 0.170 e. The van der Waals surface area contributed by atoms with E-state index in [1.807, 2.05) is 0 Å². The van der Waals surface area contributed by atoms with Gasteiger partial charge in [-0.15, -0.1) is 0 Å². The quantitative estimate of drug-likeness (QED) is 0.554. The second-order valence-electron chi connectivity index (χ2n) is 5.93. The highest BCUT2D eigenvalue weighted by atomic mass is 16.3. The summed E-state index contributed by atoms with van der Waals surface area (Å²) in [6.45, 7) is 0. The number of aromatic hydroxyl groups is 4. The van der Waals surface area contributed by atoms with E-state index in [9.17, 15) is 30.0 Å². The maximum absolute atomic E-state index is 12.7. The van der Waals surface area contributed by atoms with E-state index in [2.05, 4.69) is 0 Å². The summed E-state index contributed by atoms with van der Waals surface area (Å²) in [5, 5.41) is 38.6. The van der Waals surface area contributed by atoms with Crippen molar-refractivity contribution in [1.82, 2.24) is 0 Å². The van der Waals surface area contributed by atoms with Gasteiger partial charge in [0.05, 0.1) is 0 Å². The second kappa shape index (κ2) is 4.25. The molecule has 4 N–H and O–H groups in total. The number of carbonyl (C=O) groups is 2. The Morgan fingerprint density at radius 1 is 0.652 bits per heavy atom. The molecule has 0 saturated heterocycles. The Bertz CT molecular complexity index is 825.